The number of carbonyl (C=O) groups excluding carboxylic acids is 3. The number of piperidine rings is 1. The molecule has 1 aliphatic heterocycles. The molecular formula is C34H38N6O6S2. The second kappa shape index (κ2) is 15.6. The van der Waals surface area contributed by atoms with Crippen molar-refractivity contribution in [3.05, 3.63) is 94.8 Å². The lowest BCUT2D eigenvalue weighted by Crippen LogP contribution is -2.35. The Morgan fingerprint density at radius 3 is 2.27 bits per heavy atom. The number of nitrogens with zero attached hydrogens (tertiary/aromatic N) is 4. The highest BCUT2D eigenvalue weighted by Gasteiger charge is 2.26. The molecule has 0 spiro atoms. The van der Waals surface area contributed by atoms with Gasteiger partial charge in [-0.25, -0.2) is 13.2 Å². The molecule has 0 atom stereocenters. The monoisotopic (exact) mass is 690 g/mol. The lowest BCUT2D eigenvalue weighted by Gasteiger charge is -2.25. The van der Waals surface area contributed by atoms with Crippen LogP contribution in [0.5, 0.6) is 0 Å². The van der Waals surface area contributed by atoms with E-state index in [0.717, 1.165) is 36.1 Å². The number of amides is 2. The minimum Gasteiger partial charge on any atom is -0.462 e. The van der Waals surface area contributed by atoms with Crippen LogP contribution in [-0.4, -0.2) is 70.7 Å². The number of thioether (sulfide) groups is 1. The Morgan fingerprint density at radius 2 is 1.58 bits per heavy atom. The minimum absolute atomic E-state index is 0.0294. The van der Waals surface area contributed by atoms with E-state index in [0.29, 0.717) is 40.9 Å². The van der Waals surface area contributed by atoms with Gasteiger partial charge in [0, 0.05) is 24.3 Å². The summed E-state index contributed by atoms with van der Waals surface area (Å²) in [6.07, 6.45) is 2.70. The first kappa shape index (κ1) is 34.8. The average molecular weight is 691 g/mol. The van der Waals surface area contributed by atoms with Crippen LogP contribution in [0.3, 0.4) is 0 Å². The third-order valence-electron chi connectivity index (χ3n) is 8.01. The Kier molecular flexibility index (Phi) is 11.3. The van der Waals surface area contributed by atoms with Crippen LogP contribution in [0.1, 0.15) is 63.9 Å². The topological polar surface area (TPSA) is 153 Å². The molecule has 5 rings (SSSR count). The molecule has 2 N–H and O–H groups in total. The highest BCUT2D eigenvalue weighted by molar-refractivity contribution is 7.99. The smallest absolute Gasteiger partial charge is 0.338 e. The van der Waals surface area contributed by atoms with Gasteiger partial charge < -0.3 is 15.4 Å². The molecule has 0 unspecified atom stereocenters. The highest BCUT2D eigenvalue weighted by Crippen LogP contribution is 2.26. The Balaban J connectivity index is 1.27. The van der Waals surface area contributed by atoms with E-state index in [1.165, 1.54) is 40.3 Å². The fraction of sp³-hybridized carbons (Fsp3) is 0.324. The summed E-state index contributed by atoms with van der Waals surface area (Å²) in [6, 6.07) is 18.2. The van der Waals surface area contributed by atoms with Crippen molar-refractivity contribution in [2.24, 2.45) is 0 Å². The predicted molar refractivity (Wildman–Crippen MR) is 183 cm³/mol. The minimum atomic E-state index is -3.61. The van der Waals surface area contributed by atoms with Crippen molar-refractivity contribution in [1.29, 1.82) is 0 Å². The molecule has 0 bridgehead atoms. The fourth-order valence-corrected chi connectivity index (χ4v) is 7.53. The molecule has 1 fully saturated rings. The summed E-state index contributed by atoms with van der Waals surface area (Å²) in [5.41, 5.74) is 4.09. The van der Waals surface area contributed by atoms with Crippen molar-refractivity contribution in [3.63, 3.8) is 0 Å². The lowest BCUT2D eigenvalue weighted by atomic mass is 10.1. The number of ether oxygens (including phenoxy) is 1. The van der Waals surface area contributed by atoms with Crippen LogP contribution in [0.2, 0.25) is 0 Å². The van der Waals surface area contributed by atoms with Gasteiger partial charge in [-0.3, -0.25) is 14.2 Å². The number of hydrogen-bond acceptors (Lipinski definition) is 9. The van der Waals surface area contributed by atoms with Crippen molar-refractivity contribution in [3.8, 4) is 5.69 Å². The van der Waals surface area contributed by atoms with Gasteiger partial charge in [0.25, 0.3) is 5.91 Å². The summed E-state index contributed by atoms with van der Waals surface area (Å²) < 4.78 is 34.3. The largest absolute Gasteiger partial charge is 0.462 e. The Bertz CT molecular complexity index is 1890. The van der Waals surface area contributed by atoms with Crippen molar-refractivity contribution >= 4 is 45.3 Å². The first-order valence-electron chi connectivity index (χ1n) is 15.7. The van der Waals surface area contributed by atoms with Gasteiger partial charge in [0.1, 0.15) is 0 Å². The van der Waals surface area contributed by atoms with Crippen molar-refractivity contribution in [2.75, 3.05) is 30.8 Å². The number of hydrogen-bond donors (Lipinski definition) is 2. The summed E-state index contributed by atoms with van der Waals surface area (Å²) >= 11 is 1.20. The van der Waals surface area contributed by atoms with E-state index in [-0.39, 0.29) is 29.7 Å². The lowest BCUT2D eigenvalue weighted by molar-refractivity contribution is -0.113. The molecule has 14 heteroatoms. The summed E-state index contributed by atoms with van der Waals surface area (Å²) in [5, 5.41) is 14.8. The molecule has 3 aromatic carbocycles. The molecule has 12 nitrogen and oxygen atoms in total. The maximum atomic E-state index is 13.1. The number of esters is 1. The fourth-order valence-electron chi connectivity index (χ4n) is 5.25. The number of sulfonamides is 1. The van der Waals surface area contributed by atoms with E-state index >= 15 is 0 Å². The zero-order chi connectivity index (χ0) is 34.3. The molecule has 2 amide bonds. The van der Waals surface area contributed by atoms with E-state index in [1.54, 1.807) is 31.2 Å². The number of aromatic nitrogens is 3. The van der Waals surface area contributed by atoms with E-state index in [9.17, 15) is 22.8 Å². The predicted octanol–water partition coefficient (Wildman–Crippen LogP) is 4.90. The third kappa shape index (κ3) is 8.12. The van der Waals surface area contributed by atoms with E-state index in [1.807, 2.05) is 36.6 Å². The highest BCUT2D eigenvalue weighted by atomic mass is 32.2. The summed E-state index contributed by atoms with van der Waals surface area (Å²) in [6.45, 7) is 7.02. The van der Waals surface area contributed by atoms with E-state index in [2.05, 4.69) is 20.8 Å². The summed E-state index contributed by atoms with van der Waals surface area (Å²) in [4.78, 5) is 38.0. The van der Waals surface area contributed by atoms with Gasteiger partial charge in [-0.1, -0.05) is 30.3 Å². The molecule has 252 valence electrons. The standard InChI is InChI=1S/C34H38N6O6S2/c1-4-46-33(43)26-11-15-27(16-12-26)36-31(41)22-47-34-38-37-30(40(34)29-10-8-9-23(2)24(29)3)21-35-32(42)25-13-17-28(18-14-25)48(44,45)39-19-6-5-7-20-39/h8-18H,4-7,19-22H2,1-3H3,(H,35,42)(H,36,41). The molecule has 0 saturated carbocycles. The van der Waals surface area contributed by atoms with E-state index in [4.69, 9.17) is 4.74 Å². The van der Waals surface area contributed by atoms with Gasteiger partial charge in [-0.05, 0) is 99.3 Å². The van der Waals surface area contributed by atoms with Gasteiger partial charge in [-0.15, -0.1) is 10.2 Å². The molecule has 0 radical (unpaired) electrons. The van der Waals surface area contributed by atoms with Gasteiger partial charge in [0.15, 0.2) is 11.0 Å². The van der Waals surface area contributed by atoms with Crippen LogP contribution in [0.15, 0.2) is 76.8 Å². The molecule has 0 aliphatic carbocycles. The van der Waals surface area contributed by atoms with Crippen LogP contribution >= 0.6 is 11.8 Å². The molecular weight excluding hydrogens is 653 g/mol. The third-order valence-corrected chi connectivity index (χ3v) is 10.8. The first-order valence-corrected chi connectivity index (χ1v) is 18.1. The number of nitrogens with one attached hydrogen (secondary N) is 2. The normalized spacial score (nSPS) is 13.6. The molecule has 1 aliphatic rings. The second-order valence-corrected chi connectivity index (χ2v) is 14.1. The SMILES string of the molecule is CCOC(=O)c1ccc(NC(=O)CSc2nnc(CNC(=O)c3ccc(S(=O)(=O)N4CCCCC4)cc3)n2-c2cccc(C)c2C)cc1. The summed E-state index contributed by atoms with van der Waals surface area (Å²) in [5.74, 6) is -0.615. The van der Waals surface area contributed by atoms with Crippen LogP contribution in [0.25, 0.3) is 5.69 Å². The van der Waals surface area contributed by atoms with Crippen LogP contribution < -0.4 is 10.6 Å². The average Bonchev–Trinajstić information content (AvgIpc) is 3.50. The number of anilines is 1. The van der Waals surface area contributed by atoms with E-state index < -0.39 is 21.9 Å². The number of carbonyl (C=O) groups is 3. The zero-order valence-corrected chi connectivity index (χ0v) is 28.7. The van der Waals surface area contributed by atoms with Gasteiger partial charge in [0.05, 0.1) is 35.1 Å². The molecule has 1 aromatic heterocycles. The maximum absolute atomic E-state index is 13.1. The van der Waals surface area contributed by atoms with Gasteiger partial charge in [0.2, 0.25) is 15.9 Å². The van der Waals surface area contributed by atoms with Crippen molar-refractivity contribution in [2.45, 2.75) is 56.6 Å². The number of aryl methyl sites for hydroxylation is 1. The van der Waals surface area contributed by atoms with Gasteiger partial charge >= 0.3 is 5.97 Å². The molecule has 1 saturated heterocycles. The van der Waals surface area contributed by atoms with Crippen molar-refractivity contribution < 1.29 is 27.5 Å². The molecule has 2 heterocycles. The maximum Gasteiger partial charge on any atom is 0.338 e. The molecule has 48 heavy (non-hydrogen) atoms. The quantitative estimate of drug-likeness (QED) is 0.156. The second-order valence-electron chi connectivity index (χ2n) is 11.3. The zero-order valence-electron chi connectivity index (χ0n) is 27.1. The Labute approximate surface area is 284 Å². The first-order chi connectivity index (χ1) is 23.1. The molecule has 4 aromatic rings. The summed E-state index contributed by atoms with van der Waals surface area (Å²) in [7, 11) is -3.61. The van der Waals surface area contributed by atoms with Crippen LogP contribution in [-0.2, 0) is 26.1 Å². The van der Waals surface area contributed by atoms with Gasteiger partial charge in [-0.2, -0.15) is 4.31 Å². The number of benzene rings is 3. The van der Waals surface area contributed by atoms with Crippen LogP contribution in [0, 0.1) is 13.8 Å². The van der Waals surface area contributed by atoms with Crippen LogP contribution in [0.4, 0.5) is 5.69 Å². The number of rotatable bonds is 12. The Morgan fingerprint density at radius 1 is 0.896 bits per heavy atom. The Hall–Kier alpha value is -4.53. The van der Waals surface area contributed by atoms with Crippen molar-refractivity contribution in [1.82, 2.24) is 24.4 Å².